The highest BCUT2D eigenvalue weighted by atomic mass is 32.1. The maximum Gasteiger partial charge on any atom is 0.290 e. The molecule has 0 aromatic heterocycles. The van der Waals surface area contributed by atoms with Gasteiger partial charge in [0.25, 0.3) is 5.91 Å². The van der Waals surface area contributed by atoms with Gasteiger partial charge in [0.1, 0.15) is 0 Å². The molecule has 10 heavy (non-hydrogen) atoms. The van der Waals surface area contributed by atoms with E-state index in [2.05, 4.69) is 12.6 Å². The Balaban J connectivity index is 4.10. The predicted octanol–water partition coefficient (Wildman–Crippen LogP) is -0.0380. The summed E-state index contributed by atoms with van der Waals surface area (Å²) in [6.45, 7) is 1.58. The van der Waals surface area contributed by atoms with E-state index in [0.29, 0.717) is 0 Å². The van der Waals surface area contributed by atoms with Gasteiger partial charge in [0.15, 0.2) is 0 Å². The molecule has 0 aliphatic heterocycles. The van der Waals surface area contributed by atoms with E-state index in [1.54, 1.807) is 6.92 Å². The summed E-state index contributed by atoms with van der Waals surface area (Å²) in [4.78, 5) is 22.9. The number of likely N-dealkylation sites (N-methyl/N-ethyl adjacent to an activating group) is 1. The van der Waals surface area contributed by atoms with Crippen molar-refractivity contribution in [2.75, 3.05) is 14.1 Å². The molecule has 4 heteroatoms. The van der Waals surface area contributed by atoms with E-state index in [-0.39, 0.29) is 0 Å². The molecule has 0 saturated heterocycles. The molecule has 0 aromatic rings. The molecule has 0 aliphatic rings. The fraction of sp³-hybridized carbons (Fsp3) is 0.667. The first-order chi connectivity index (χ1) is 4.46. The summed E-state index contributed by atoms with van der Waals surface area (Å²) in [5, 5.41) is -0.505. The third-order valence-electron chi connectivity index (χ3n) is 0.996. The summed E-state index contributed by atoms with van der Waals surface area (Å²) in [5.41, 5.74) is 0. The fourth-order valence-corrected chi connectivity index (χ4v) is 0.510. The number of nitrogens with zero attached hydrogens (tertiary/aromatic N) is 1. The number of rotatable bonds is 2. The number of Topliss-reactive ketones (excluding diaryl/α,β-unsaturated/α-hetero) is 1. The Morgan fingerprint density at radius 1 is 1.40 bits per heavy atom. The summed E-state index contributed by atoms with van der Waals surface area (Å²) < 4.78 is 0. The molecule has 58 valence electrons. The molecule has 0 rings (SSSR count). The van der Waals surface area contributed by atoms with Crippen LogP contribution in [0.15, 0.2) is 0 Å². The lowest BCUT2D eigenvalue weighted by Gasteiger charge is -2.09. The maximum absolute atomic E-state index is 10.8. The van der Waals surface area contributed by atoms with E-state index in [4.69, 9.17) is 0 Å². The van der Waals surface area contributed by atoms with Crippen LogP contribution in [0.2, 0.25) is 0 Å². The molecule has 0 aromatic carbocycles. The zero-order valence-electron chi connectivity index (χ0n) is 6.29. The van der Waals surface area contributed by atoms with Crippen LogP contribution in [-0.2, 0) is 9.59 Å². The molecule has 0 heterocycles. The Labute approximate surface area is 65.8 Å². The first kappa shape index (κ1) is 9.49. The average molecular weight is 161 g/mol. The minimum Gasteiger partial charge on any atom is -0.342 e. The van der Waals surface area contributed by atoms with Gasteiger partial charge in [0.05, 0.1) is 5.25 Å². The molecule has 0 aliphatic carbocycles. The quantitative estimate of drug-likeness (QED) is 0.456. The summed E-state index contributed by atoms with van der Waals surface area (Å²) >= 11 is 3.83. The standard InChI is InChI=1S/C6H11NO2S/c1-4(10)5(8)6(9)7(2)3/h4,10H,1-3H3/t4-/m1/s1. The second-order valence-electron chi connectivity index (χ2n) is 2.24. The van der Waals surface area contributed by atoms with Gasteiger partial charge in [-0.2, -0.15) is 12.6 Å². The molecular formula is C6H11NO2S. The van der Waals surface area contributed by atoms with Crippen LogP contribution in [0, 0.1) is 0 Å². The highest BCUT2D eigenvalue weighted by Gasteiger charge is 2.19. The van der Waals surface area contributed by atoms with Gasteiger partial charge in [-0.1, -0.05) is 0 Å². The zero-order valence-corrected chi connectivity index (χ0v) is 7.18. The van der Waals surface area contributed by atoms with Crippen LogP contribution >= 0.6 is 12.6 Å². The Bertz CT molecular complexity index is 136. The molecule has 0 radical (unpaired) electrons. The number of ketones is 1. The van der Waals surface area contributed by atoms with E-state index in [0.717, 1.165) is 0 Å². The maximum atomic E-state index is 10.8. The van der Waals surface area contributed by atoms with Crippen LogP contribution in [0.25, 0.3) is 0 Å². The van der Waals surface area contributed by atoms with Crippen LogP contribution in [0.1, 0.15) is 6.92 Å². The van der Waals surface area contributed by atoms with Crippen molar-refractivity contribution in [2.45, 2.75) is 12.2 Å². The molecule has 0 unspecified atom stereocenters. The van der Waals surface area contributed by atoms with Crippen LogP contribution in [0.4, 0.5) is 0 Å². The number of thiol groups is 1. The smallest absolute Gasteiger partial charge is 0.290 e. The van der Waals surface area contributed by atoms with Crippen molar-refractivity contribution in [3.8, 4) is 0 Å². The molecule has 1 amide bonds. The number of amides is 1. The molecule has 0 spiro atoms. The van der Waals surface area contributed by atoms with Gasteiger partial charge in [-0.05, 0) is 6.92 Å². The Morgan fingerprint density at radius 2 is 1.80 bits per heavy atom. The lowest BCUT2D eigenvalue weighted by atomic mass is 10.3. The summed E-state index contributed by atoms with van der Waals surface area (Å²) in [6, 6.07) is 0. The van der Waals surface area contributed by atoms with Gasteiger partial charge in [-0.3, -0.25) is 9.59 Å². The van der Waals surface area contributed by atoms with Gasteiger partial charge in [-0.15, -0.1) is 0 Å². The fourth-order valence-electron chi connectivity index (χ4n) is 0.399. The van der Waals surface area contributed by atoms with Gasteiger partial charge in [0, 0.05) is 14.1 Å². The van der Waals surface area contributed by atoms with Crippen molar-refractivity contribution in [1.82, 2.24) is 4.90 Å². The Morgan fingerprint density at radius 3 is 1.90 bits per heavy atom. The number of carbonyl (C=O) groups is 2. The minimum atomic E-state index is -0.505. The summed E-state index contributed by atoms with van der Waals surface area (Å²) in [6.07, 6.45) is 0. The predicted molar refractivity (Wildman–Crippen MR) is 42.1 cm³/mol. The lowest BCUT2D eigenvalue weighted by molar-refractivity contribution is -0.142. The second-order valence-corrected chi connectivity index (χ2v) is 3.01. The number of hydrogen-bond donors (Lipinski definition) is 1. The third-order valence-corrected chi connectivity index (χ3v) is 1.23. The van der Waals surface area contributed by atoms with Crippen LogP contribution in [0.3, 0.4) is 0 Å². The monoisotopic (exact) mass is 161 g/mol. The van der Waals surface area contributed by atoms with E-state index in [1.807, 2.05) is 0 Å². The SMILES string of the molecule is C[C@@H](S)C(=O)C(=O)N(C)C. The molecule has 0 bridgehead atoms. The highest BCUT2D eigenvalue weighted by molar-refractivity contribution is 7.82. The first-order valence-electron chi connectivity index (χ1n) is 2.90. The summed E-state index contributed by atoms with van der Waals surface area (Å²) in [7, 11) is 3.08. The van der Waals surface area contributed by atoms with Crippen molar-refractivity contribution in [2.24, 2.45) is 0 Å². The number of carbonyl (C=O) groups excluding carboxylic acids is 2. The zero-order chi connectivity index (χ0) is 8.31. The van der Waals surface area contributed by atoms with Gasteiger partial charge >= 0.3 is 0 Å². The highest BCUT2D eigenvalue weighted by Crippen LogP contribution is 1.96. The second kappa shape index (κ2) is 3.61. The van der Waals surface area contributed by atoms with Gasteiger partial charge in [0.2, 0.25) is 5.78 Å². The minimum absolute atomic E-state index is 0.465. The van der Waals surface area contributed by atoms with E-state index >= 15 is 0 Å². The average Bonchev–Trinajstić information content (AvgIpc) is 1.84. The lowest BCUT2D eigenvalue weighted by Crippen LogP contribution is -2.33. The van der Waals surface area contributed by atoms with Crippen molar-refractivity contribution in [3.05, 3.63) is 0 Å². The van der Waals surface area contributed by atoms with Crippen molar-refractivity contribution in [1.29, 1.82) is 0 Å². The van der Waals surface area contributed by atoms with Crippen LogP contribution < -0.4 is 0 Å². The third kappa shape index (κ3) is 2.39. The van der Waals surface area contributed by atoms with E-state index in [1.165, 1.54) is 19.0 Å². The molecule has 0 saturated carbocycles. The molecule has 3 nitrogen and oxygen atoms in total. The van der Waals surface area contributed by atoms with Crippen molar-refractivity contribution in [3.63, 3.8) is 0 Å². The molecule has 0 N–H and O–H groups in total. The van der Waals surface area contributed by atoms with E-state index < -0.39 is 16.9 Å². The Kier molecular flexibility index (Phi) is 3.42. The normalized spacial score (nSPS) is 12.4. The Hall–Kier alpha value is -0.510. The van der Waals surface area contributed by atoms with Crippen molar-refractivity contribution < 1.29 is 9.59 Å². The van der Waals surface area contributed by atoms with Gasteiger partial charge < -0.3 is 4.90 Å². The van der Waals surface area contributed by atoms with Crippen LogP contribution in [-0.4, -0.2) is 35.9 Å². The number of hydrogen-bond acceptors (Lipinski definition) is 3. The topological polar surface area (TPSA) is 37.4 Å². The first-order valence-corrected chi connectivity index (χ1v) is 3.42. The summed E-state index contributed by atoms with van der Waals surface area (Å²) in [5.74, 6) is -0.962. The molecular weight excluding hydrogens is 150 g/mol. The van der Waals surface area contributed by atoms with Crippen molar-refractivity contribution >= 4 is 24.3 Å². The molecule has 1 atom stereocenters. The largest absolute Gasteiger partial charge is 0.342 e. The van der Waals surface area contributed by atoms with Gasteiger partial charge in [-0.25, -0.2) is 0 Å². The van der Waals surface area contributed by atoms with Crippen LogP contribution in [0.5, 0.6) is 0 Å². The van der Waals surface area contributed by atoms with E-state index in [9.17, 15) is 9.59 Å². The molecule has 0 fully saturated rings.